The number of hydrogen-bond donors (Lipinski definition) is 0. The first-order chi connectivity index (χ1) is 18.2. The Kier molecular flexibility index (Phi) is 30.8. The van der Waals surface area contributed by atoms with Crippen molar-refractivity contribution in [3.63, 3.8) is 0 Å². The van der Waals surface area contributed by atoms with E-state index < -0.39 is 8.56 Å². The van der Waals surface area contributed by atoms with Crippen LogP contribution in [0.5, 0.6) is 0 Å². The molecule has 0 amide bonds. The summed E-state index contributed by atoms with van der Waals surface area (Å²) in [7, 11) is 1.86. The van der Waals surface area contributed by atoms with Gasteiger partial charge in [-0.3, -0.25) is 0 Å². The Morgan fingerprint density at radius 1 is 0.297 bits per heavy atom. The van der Waals surface area contributed by atoms with Crippen molar-refractivity contribution >= 4 is 8.56 Å². The minimum atomic E-state index is -1.95. The molecule has 0 spiro atoms. The van der Waals surface area contributed by atoms with Crippen LogP contribution in [0.15, 0.2) is 0 Å². The molecular formula is C34H72O2Si. The predicted octanol–water partition coefficient (Wildman–Crippen LogP) is 12.7. The lowest BCUT2D eigenvalue weighted by molar-refractivity contribution is 0.238. The minimum absolute atomic E-state index is 1.19. The second-order valence-corrected chi connectivity index (χ2v) is 15.6. The molecule has 2 nitrogen and oxygen atoms in total. The van der Waals surface area contributed by atoms with E-state index in [1.165, 1.54) is 192 Å². The molecule has 37 heavy (non-hydrogen) atoms. The van der Waals surface area contributed by atoms with Gasteiger partial charge in [-0.15, -0.1) is 0 Å². The van der Waals surface area contributed by atoms with Crippen LogP contribution in [-0.4, -0.2) is 22.8 Å². The third kappa shape index (κ3) is 26.1. The molecule has 3 heteroatoms. The van der Waals surface area contributed by atoms with Gasteiger partial charge in [0.05, 0.1) is 0 Å². The van der Waals surface area contributed by atoms with E-state index in [0.717, 1.165) is 0 Å². The van der Waals surface area contributed by atoms with Gasteiger partial charge in [0.1, 0.15) is 0 Å². The largest absolute Gasteiger partial charge is 0.398 e. The predicted molar refractivity (Wildman–Crippen MR) is 170 cm³/mol. The molecule has 224 valence electrons. The van der Waals surface area contributed by atoms with Gasteiger partial charge in [-0.1, -0.05) is 194 Å². The highest BCUT2D eigenvalue weighted by atomic mass is 28.4. The molecule has 0 heterocycles. The lowest BCUT2D eigenvalue weighted by atomic mass is 10.0. The summed E-state index contributed by atoms with van der Waals surface area (Å²) >= 11 is 0. The maximum absolute atomic E-state index is 6.02. The zero-order valence-electron chi connectivity index (χ0n) is 26.5. The van der Waals surface area contributed by atoms with Crippen molar-refractivity contribution in [1.82, 2.24) is 0 Å². The van der Waals surface area contributed by atoms with E-state index in [2.05, 4.69) is 13.8 Å². The van der Waals surface area contributed by atoms with Crippen LogP contribution >= 0.6 is 0 Å². The summed E-state index contributed by atoms with van der Waals surface area (Å²) < 4.78 is 12.0. The van der Waals surface area contributed by atoms with Crippen LogP contribution in [0.2, 0.25) is 12.1 Å². The monoisotopic (exact) mass is 541 g/mol. The van der Waals surface area contributed by atoms with Crippen molar-refractivity contribution in [1.29, 1.82) is 0 Å². The number of rotatable bonds is 32. The van der Waals surface area contributed by atoms with Crippen LogP contribution in [0.4, 0.5) is 0 Å². The van der Waals surface area contributed by atoms with Gasteiger partial charge in [-0.05, 0) is 12.1 Å². The highest BCUT2D eigenvalue weighted by Gasteiger charge is 2.33. The fraction of sp³-hybridized carbons (Fsp3) is 1.00. The Morgan fingerprint density at radius 2 is 0.486 bits per heavy atom. The normalized spacial score (nSPS) is 12.0. The van der Waals surface area contributed by atoms with Gasteiger partial charge >= 0.3 is 8.56 Å². The van der Waals surface area contributed by atoms with Gasteiger partial charge in [0.25, 0.3) is 0 Å². The minimum Gasteiger partial charge on any atom is -0.398 e. The van der Waals surface area contributed by atoms with Gasteiger partial charge in [-0.25, -0.2) is 0 Å². The molecular weight excluding hydrogens is 468 g/mol. The molecule has 0 atom stereocenters. The van der Waals surface area contributed by atoms with Crippen LogP contribution in [0.3, 0.4) is 0 Å². The van der Waals surface area contributed by atoms with Crippen molar-refractivity contribution in [2.45, 2.75) is 206 Å². The summed E-state index contributed by atoms with van der Waals surface area (Å²) in [6, 6.07) is 2.38. The van der Waals surface area contributed by atoms with Crippen molar-refractivity contribution in [2.75, 3.05) is 14.2 Å². The van der Waals surface area contributed by atoms with Gasteiger partial charge in [0.2, 0.25) is 0 Å². The molecule has 0 fully saturated rings. The molecule has 0 aliphatic carbocycles. The SMILES string of the molecule is CCCCCCCCCCCCCCCCCCC[Si](CCCCCCCCCCCCC)(OC)OC. The van der Waals surface area contributed by atoms with E-state index in [1.807, 2.05) is 14.2 Å². The molecule has 0 aromatic heterocycles. The maximum atomic E-state index is 6.02. The molecule has 0 saturated heterocycles. The average molecular weight is 541 g/mol. The summed E-state index contributed by atoms with van der Waals surface area (Å²) in [4.78, 5) is 0. The quantitative estimate of drug-likeness (QED) is 0.0623. The molecule has 0 unspecified atom stereocenters. The van der Waals surface area contributed by atoms with Gasteiger partial charge in [0, 0.05) is 14.2 Å². The molecule has 0 saturated carbocycles. The Morgan fingerprint density at radius 3 is 0.676 bits per heavy atom. The van der Waals surface area contributed by atoms with Crippen LogP contribution < -0.4 is 0 Å². The summed E-state index contributed by atoms with van der Waals surface area (Å²) in [5.74, 6) is 0. The van der Waals surface area contributed by atoms with Crippen molar-refractivity contribution in [3.05, 3.63) is 0 Å². The standard InChI is InChI=1S/C34H72O2Si/c1-5-7-9-11-13-15-17-18-19-20-21-22-24-26-28-30-32-34-37(35-3,36-4)33-31-29-27-25-23-16-14-12-10-8-6-2/h5-34H2,1-4H3. The van der Waals surface area contributed by atoms with Crippen LogP contribution in [0, 0.1) is 0 Å². The van der Waals surface area contributed by atoms with Crippen LogP contribution in [-0.2, 0) is 8.85 Å². The zero-order chi connectivity index (χ0) is 27.1. The third-order valence-corrected chi connectivity index (χ3v) is 12.3. The summed E-state index contributed by atoms with van der Waals surface area (Å²) in [6.07, 6.45) is 39.8. The fourth-order valence-electron chi connectivity index (χ4n) is 5.79. The molecule has 0 rings (SSSR count). The highest BCUT2D eigenvalue weighted by molar-refractivity contribution is 6.67. The maximum Gasteiger partial charge on any atom is 0.337 e. The van der Waals surface area contributed by atoms with Crippen LogP contribution in [0.25, 0.3) is 0 Å². The first-order valence-corrected chi connectivity index (χ1v) is 19.6. The van der Waals surface area contributed by atoms with E-state index in [-0.39, 0.29) is 0 Å². The van der Waals surface area contributed by atoms with Crippen molar-refractivity contribution in [3.8, 4) is 0 Å². The molecule has 0 radical (unpaired) electrons. The third-order valence-electron chi connectivity index (χ3n) is 8.57. The molecule has 0 N–H and O–H groups in total. The summed E-state index contributed by atoms with van der Waals surface area (Å²) in [6.45, 7) is 4.60. The molecule has 0 aliphatic rings. The van der Waals surface area contributed by atoms with Crippen molar-refractivity contribution < 1.29 is 8.85 Å². The van der Waals surface area contributed by atoms with E-state index in [1.54, 1.807) is 0 Å². The number of hydrogen-bond acceptors (Lipinski definition) is 2. The average Bonchev–Trinajstić information content (AvgIpc) is 2.92. The first-order valence-electron chi connectivity index (χ1n) is 17.3. The highest BCUT2D eigenvalue weighted by Crippen LogP contribution is 2.25. The Labute approximate surface area is 237 Å². The lowest BCUT2D eigenvalue weighted by Gasteiger charge is -2.27. The Bertz CT molecular complexity index is 411. The smallest absolute Gasteiger partial charge is 0.337 e. The Balaban J connectivity index is 3.51. The van der Waals surface area contributed by atoms with E-state index in [4.69, 9.17) is 8.85 Å². The van der Waals surface area contributed by atoms with Crippen molar-refractivity contribution in [2.24, 2.45) is 0 Å². The summed E-state index contributed by atoms with van der Waals surface area (Å²) in [5.41, 5.74) is 0. The second-order valence-electron chi connectivity index (χ2n) is 12.0. The topological polar surface area (TPSA) is 18.5 Å². The molecule has 0 aliphatic heterocycles. The van der Waals surface area contributed by atoms with Gasteiger partial charge in [-0.2, -0.15) is 0 Å². The fourth-order valence-corrected chi connectivity index (χ4v) is 8.60. The van der Waals surface area contributed by atoms with Crippen LogP contribution in [0.1, 0.15) is 194 Å². The zero-order valence-corrected chi connectivity index (χ0v) is 27.5. The molecule has 0 aromatic carbocycles. The Hall–Kier alpha value is 0.137. The lowest BCUT2D eigenvalue weighted by Crippen LogP contribution is -2.39. The van der Waals surface area contributed by atoms with Gasteiger partial charge in [0.15, 0.2) is 0 Å². The summed E-state index contributed by atoms with van der Waals surface area (Å²) in [5, 5.41) is 0. The first kappa shape index (κ1) is 37.1. The number of unbranched alkanes of at least 4 members (excludes halogenated alkanes) is 26. The second kappa shape index (κ2) is 30.7. The van der Waals surface area contributed by atoms with Gasteiger partial charge < -0.3 is 8.85 Å². The molecule has 0 bridgehead atoms. The van der Waals surface area contributed by atoms with E-state index in [0.29, 0.717) is 0 Å². The molecule has 0 aromatic rings. The van der Waals surface area contributed by atoms with E-state index in [9.17, 15) is 0 Å². The van der Waals surface area contributed by atoms with E-state index >= 15 is 0 Å².